The molecule has 0 atom stereocenters. The van der Waals surface area contributed by atoms with Crippen LogP contribution in [0.5, 0.6) is 0 Å². The number of aromatic nitrogens is 2. The fourth-order valence-electron chi connectivity index (χ4n) is 1.82. The van der Waals surface area contributed by atoms with Crippen LogP contribution in [0.1, 0.15) is 26.3 Å². The second-order valence-electron chi connectivity index (χ2n) is 5.77. The molecule has 6 nitrogen and oxygen atoms in total. The molecule has 0 saturated carbocycles. The zero-order valence-corrected chi connectivity index (χ0v) is 13.0. The van der Waals surface area contributed by atoms with Gasteiger partial charge in [0.2, 0.25) is 5.95 Å². The van der Waals surface area contributed by atoms with E-state index in [-0.39, 0.29) is 11.4 Å². The van der Waals surface area contributed by atoms with Crippen molar-refractivity contribution >= 4 is 16.2 Å². The normalized spacial score (nSPS) is 12.2. The number of nitrogens with zero attached hydrogens (tertiary/aromatic N) is 2. The zero-order valence-electron chi connectivity index (χ0n) is 12.2. The molecule has 0 radical (unpaired) electrons. The Morgan fingerprint density at radius 2 is 1.52 bits per heavy atom. The molecule has 0 aliphatic carbocycles. The van der Waals surface area contributed by atoms with Crippen molar-refractivity contribution in [3.8, 4) is 11.1 Å². The Balaban J connectivity index is 2.23. The van der Waals surface area contributed by atoms with Crippen molar-refractivity contribution in [2.45, 2.75) is 26.2 Å². The van der Waals surface area contributed by atoms with Gasteiger partial charge in [0.25, 0.3) is 10.2 Å². The molecule has 2 aromatic rings. The fraction of sp³-hybridized carbons (Fsp3) is 0.286. The molecule has 0 fully saturated rings. The Kier molecular flexibility index (Phi) is 3.97. The van der Waals surface area contributed by atoms with E-state index in [4.69, 9.17) is 5.14 Å². The summed E-state index contributed by atoms with van der Waals surface area (Å²) in [4.78, 5) is 7.86. The van der Waals surface area contributed by atoms with Gasteiger partial charge in [0.1, 0.15) is 0 Å². The lowest BCUT2D eigenvalue weighted by atomic mass is 9.86. The lowest BCUT2D eigenvalue weighted by Crippen LogP contribution is -2.22. The molecule has 1 heterocycles. The molecule has 0 amide bonds. The minimum absolute atomic E-state index is 0.0486. The van der Waals surface area contributed by atoms with Gasteiger partial charge in [-0.1, -0.05) is 45.0 Å². The third-order valence-corrected chi connectivity index (χ3v) is 3.44. The van der Waals surface area contributed by atoms with Crippen LogP contribution in [-0.4, -0.2) is 18.4 Å². The first-order chi connectivity index (χ1) is 9.65. The number of hydrogen-bond acceptors (Lipinski definition) is 4. The van der Waals surface area contributed by atoms with Crippen LogP contribution in [0.2, 0.25) is 0 Å². The predicted octanol–water partition coefficient (Wildman–Crippen LogP) is 2.06. The second-order valence-corrected chi connectivity index (χ2v) is 7.06. The van der Waals surface area contributed by atoms with Gasteiger partial charge in [-0.05, 0) is 16.5 Å². The van der Waals surface area contributed by atoms with Crippen LogP contribution in [0.4, 0.5) is 5.95 Å². The maximum Gasteiger partial charge on any atom is 0.298 e. The summed E-state index contributed by atoms with van der Waals surface area (Å²) in [5, 5.41) is 4.86. The highest BCUT2D eigenvalue weighted by Gasteiger charge is 2.13. The molecule has 1 aromatic heterocycles. The standard InChI is InChI=1S/C14H18N4O2S/c1-14(2,3)12-6-4-10(5-7-12)11-8-16-13(17-9-11)18-21(15,19)20/h4-9H,1-3H3,(H2,15,19,20)(H,16,17,18). The minimum atomic E-state index is -3.85. The van der Waals surface area contributed by atoms with E-state index >= 15 is 0 Å². The maximum atomic E-state index is 10.9. The maximum absolute atomic E-state index is 10.9. The summed E-state index contributed by atoms with van der Waals surface area (Å²) in [5.41, 5.74) is 3.10. The van der Waals surface area contributed by atoms with E-state index in [1.54, 1.807) is 12.4 Å². The highest BCUT2D eigenvalue weighted by atomic mass is 32.2. The molecule has 0 bridgehead atoms. The molecule has 0 unspecified atom stereocenters. The van der Waals surface area contributed by atoms with Gasteiger partial charge in [-0.25, -0.2) is 19.8 Å². The highest BCUT2D eigenvalue weighted by Crippen LogP contribution is 2.25. The molecule has 0 spiro atoms. The Morgan fingerprint density at radius 3 is 1.95 bits per heavy atom. The monoisotopic (exact) mass is 306 g/mol. The van der Waals surface area contributed by atoms with Gasteiger partial charge in [0, 0.05) is 18.0 Å². The first-order valence-electron chi connectivity index (χ1n) is 6.39. The fourth-order valence-corrected chi connectivity index (χ4v) is 2.18. The minimum Gasteiger partial charge on any atom is -0.239 e. The van der Waals surface area contributed by atoms with Crippen molar-refractivity contribution in [2.75, 3.05) is 4.72 Å². The summed E-state index contributed by atoms with van der Waals surface area (Å²) in [6, 6.07) is 8.11. The van der Waals surface area contributed by atoms with Crippen LogP contribution in [0, 0.1) is 0 Å². The van der Waals surface area contributed by atoms with Crippen LogP contribution in [0.25, 0.3) is 11.1 Å². The summed E-state index contributed by atoms with van der Waals surface area (Å²) >= 11 is 0. The van der Waals surface area contributed by atoms with Gasteiger partial charge in [-0.2, -0.15) is 8.42 Å². The topological polar surface area (TPSA) is 98.0 Å². The zero-order chi connectivity index (χ0) is 15.7. The van der Waals surface area contributed by atoms with Gasteiger partial charge in [0.15, 0.2) is 0 Å². The third-order valence-electron chi connectivity index (χ3n) is 2.97. The number of nitrogens with one attached hydrogen (secondary N) is 1. The molecule has 1 aromatic carbocycles. The van der Waals surface area contributed by atoms with Gasteiger partial charge in [-0.15, -0.1) is 0 Å². The number of benzene rings is 1. The molecule has 0 aliphatic rings. The van der Waals surface area contributed by atoms with Gasteiger partial charge >= 0.3 is 0 Å². The predicted molar refractivity (Wildman–Crippen MR) is 82.9 cm³/mol. The average Bonchev–Trinajstić information content (AvgIpc) is 2.37. The van der Waals surface area contributed by atoms with Crippen molar-refractivity contribution in [3.05, 3.63) is 42.2 Å². The SMILES string of the molecule is CC(C)(C)c1ccc(-c2cnc(NS(N)(=O)=O)nc2)cc1. The molecule has 7 heteroatoms. The van der Waals surface area contributed by atoms with E-state index in [9.17, 15) is 8.42 Å². The van der Waals surface area contributed by atoms with Crippen LogP contribution in [-0.2, 0) is 15.6 Å². The molecule has 0 aliphatic heterocycles. The molecule has 2 rings (SSSR count). The van der Waals surface area contributed by atoms with Gasteiger partial charge in [-0.3, -0.25) is 0 Å². The number of nitrogens with two attached hydrogens (primary N) is 1. The van der Waals surface area contributed by atoms with Crippen LogP contribution < -0.4 is 9.86 Å². The largest absolute Gasteiger partial charge is 0.298 e. The second kappa shape index (κ2) is 5.42. The van der Waals surface area contributed by atoms with E-state index in [0.29, 0.717) is 0 Å². The molecular weight excluding hydrogens is 288 g/mol. The van der Waals surface area contributed by atoms with Crippen molar-refractivity contribution in [3.63, 3.8) is 0 Å². The lowest BCUT2D eigenvalue weighted by molar-refractivity contribution is 0.590. The lowest BCUT2D eigenvalue weighted by Gasteiger charge is -2.19. The highest BCUT2D eigenvalue weighted by molar-refractivity contribution is 7.90. The third kappa shape index (κ3) is 4.24. The molecular formula is C14H18N4O2S. The van der Waals surface area contributed by atoms with Gasteiger partial charge < -0.3 is 0 Å². The quantitative estimate of drug-likeness (QED) is 0.906. The number of rotatable bonds is 3. The summed E-state index contributed by atoms with van der Waals surface area (Å²) in [6.45, 7) is 6.45. The molecule has 112 valence electrons. The van der Waals surface area contributed by atoms with Crippen LogP contribution >= 0.6 is 0 Å². The van der Waals surface area contributed by atoms with E-state index in [1.807, 2.05) is 16.9 Å². The number of hydrogen-bond donors (Lipinski definition) is 2. The number of anilines is 1. The van der Waals surface area contributed by atoms with Crippen LogP contribution in [0.3, 0.4) is 0 Å². The average molecular weight is 306 g/mol. The first kappa shape index (κ1) is 15.4. The van der Waals surface area contributed by atoms with E-state index < -0.39 is 10.2 Å². The Hall–Kier alpha value is -1.99. The van der Waals surface area contributed by atoms with E-state index in [0.717, 1.165) is 11.1 Å². The summed E-state index contributed by atoms with van der Waals surface area (Å²) < 4.78 is 23.8. The van der Waals surface area contributed by atoms with E-state index in [1.165, 1.54) is 5.56 Å². The molecule has 3 N–H and O–H groups in total. The Morgan fingerprint density at radius 1 is 1.00 bits per heavy atom. The van der Waals surface area contributed by atoms with E-state index in [2.05, 4.69) is 42.9 Å². The van der Waals surface area contributed by atoms with Crippen molar-refractivity contribution < 1.29 is 8.42 Å². The summed E-state index contributed by atoms with van der Waals surface area (Å²) in [7, 11) is -3.85. The smallest absolute Gasteiger partial charge is 0.239 e. The van der Waals surface area contributed by atoms with Crippen molar-refractivity contribution in [1.82, 2.24) is 9.97 Å². The Bertz CT molecular complexity index is 717. The van der Waals surface area contributed by atoms with Crippen LogP contribution in [0.15, 0.2) is 36.7 Å². The molecule has 0 saturated heterocycles. The van der Waals surface area contributed by atoms with Gasteiger partial charge in [0.05, 0.1) is 0 Å². The van der Waals surface area contributed by atoms with Crippen molar-refractivity contribution in [1.29, 1.82) is 0 Å². The Labute approximate surface area is 124 Å². The summed E-state index contributed by atoms with van der Waals surface area (Å²) in [6.07, 6.45) is 3.10. The summed E-state index contributed by atoms with van der Waals surface area (Å²) in [5.74, 6) is -0.0486. The first-order valence-corrected chi connectivity index (χ1v) is 7.93. The van der Waals surface area contributed by atoms with Crippen molar-refractivity contribution in [2.24, 2.45) is 5.14 Å². The molecule has 21 heavy (non-hydrogen) atoms.